The summed E-state index contributed by atoms with van der Waals surface area (Å²) in [5.41, 5.74) is 2.41. The smallest absolute Gasteiger partial charge is 0.240 e. The first-order chi connectivity index (χ1) is 14.3. The first-order valence-electron chi connectivity index (χ1n) is 11.7. The highest BCUT2D eigenvalue weighted by Gasteiger charge is 2.44. The van der Waals surface area contributed by atoms with Gasteiger partial charge in [0.1, 0.15) is 0 Å². The van der Waals surface area contributed by atoms with Gasteiger partial charge in [-0.2, -0.15) is 0 Å². The van der Waals surface area contributed by atoms with Crippen LogP contribution in [0.1, 0.15) is 60.5 Å². The predicted octanol–water partition coefficient (Wildman–Crippen LogP) is 5.76. The minimum absolute atomic E-state index is 0.0183. The van der Waals surface area contributed by atoms with Crippen LogP contribution in [-0.2, 0) is 15.8 Å². The molecule has 1 aliphatic heterocycles. The molecule has 1 aliphatic rings. The summed E-state index contributed by atoms with van der Waals surface area (Å²) in [5.74, 6) is 0.579. The molecule has 174 valence electrons. The van der Waals surface area contributed by atoms with Crippen LogP contribution >= 0.6 is 0 Å². The van der Waals surface area contributed by atoms with Gasteiger partial charge in [0.25, 0.3) is 0 Å². The molecule has 1 aromatic rings. The van der Waals surface area contributed by atoms with Gasteiger partial charge < -0.3 is 14.6 Å². The molecule has 1 aromatic carbocycles. The average molecular weight is 445 g/mol. The molecule has 0 saturated carbocycles. The van der Waals surface area contributed by atoms with Crippen LogP contribution in [-0.4, -0.2) is 43.9 Å². The second kappa shape index (κ2) is 10.5. The number of hydrogen-bond acceptors (Lipinski definition) is 3. The summed E-state index contributed by atoms with van der Waals surface area (Å²) >= 11 is 0. The Labute approximate surface area is 191 Å². The molecule has 1 amide bonds. The number of allylic oxidation sites excluding steroid dienone is 1. The molecule has 0 aromatic heterocycles. The molecule has 0 aliphatic carbocycles. The molecule has 3 atom stereocenters. The van der Waals surface area contributed by atoms with Gasteiger partial charge in [0.15, 0.2) is 8.32 Å². The number of piperazine rings is 1. The lowest BCUT2D eigenvalue weighted by molar-refractivity contribution is -0.143. The van der Waals surface area contributed by atoms with E-state index < -0.39 is 8.32 Å². The van der Waals surface area contributed by atoms with E-state index in [1.807, 2.05) is 18.2 Å². The van der Waals surface area contributed by atoms with Crippen LogP contribution in [0.25, 0.3) is 0 Å². The number of benzene rings is 1. The highest BCUT2D eigenvalue weighted by molar-refractivity contribution is 6.74. The number of rotatable bonds is 8. The van der Waals surface area contributed by atoms with Gasteiger partial charge in [0.05, 0.1) is 18.7 Å². The molecule has 1 N–H and O–H groups in total. The Bertz CT molecular complexity index is 748. The summed E-state index contributed by atoms with van der Waals surface area (Å²) in [4.78, 5) is 15.7. The topological polar surface area (TPSA) is 41.6 Å². The van der Waals surface area contributed by atoms with Crippen LogP contribution in [0.4, 0.5) is 0 Å². The molecule has 5 heteroatoms. The van der Waals surface area contributed by atoms with Gasteiger partial charge in [-0.1, -0.05) is 76.6 Å². The van der Waals surface area contributed by atoms with E-state index in [0.29, 0.717) is 19.1 Å². The molecule has 2 rings (SSSR count). The normalized spacial score (nSPS) is 22.7. The van der Waals surface area contributed by atoms with Crippen molar-refractivity contribution in [1.29, 1.82) is 0 Å². The predicted molar refractivity (Wildman–Crippen MR) is 134 cm³/mol. The summed E-state index contributed by atoms with van der Waals surface area (Å²) in [6, 6.07) is 10.4. The fourth-order valence-electron chi connectivity index (χ4n) is 3.81. The second-order valence-electron chi connectivity index (χ2n) is 11.1. The van der Waals surface area contributed by atoms with E-state index in [-0.39, 0.29) is 29.1 Å². The van der Waals surface area contributed by atoms with Crippen molar-refractivity contribution in [2.75, 3.05) is 6.61 Å². The molecule has 0 spiro atoms. The fourth-order valence-corrected chi connectivity index (χ4v) is 4.83. The van der Waals surface area contributed by atoms with Crippen molar-refractivity contribution >= 4 is 14.2 Å². The number of carbonyl (C=O) groups is 1. The maximum atomic E-state index is 13.6. The van der Waals surface area contributed by atoms with E-state index in [1.54, 1.807) is 0 Å². The van der Waals surface area contributed by atoms with Crippen LogP contribution < -0.4 is 5.32 Å². The Hall–Kier alpha value is -1.43. The van der Waals surface area contributed by atoms with E-state index in [0.717, 1.165) is 6.42 Å². The van der Waals surface area contributed by atoms with Crippen LogP contribution in [0.2, 0.25) is 18.1 Å². The van der Waals surface area contributed by atoms with Gasteiger partial charge in [-0.3, -0.25) is 4.79 Å². The third-order valence-electron chi connectivity index (χ3n) is 6.89. The van der Waals surface area contributed by atoms with Crippen molar-refractivity contribution in [3.8, 4) is 0 Å². The zero-order valence-corrected chi connectivity index (χ0v) is 22.2. The van der Waals surface area contributed by atoms with Gasteiger partial charge in [-0.05, 0) is 49.9 Å². The SMILES string of the molecule is CC(C)=CC[C@H]1N[C@H](C(C)C)[C@@H](CO[Si](C)(C)C(C)(C)C)N(Cc2ccccc2)C1=O. The molecule has 1 saturated heterocycles. The number of amides is 1. The Morgan fingerprint density at radius 1 is 1.19 bits per heavy atom. The summed E-state index contributed by atoms with van der Waals surface area (Å²) in [7, 11) is -1.92. The molecule has 0 unspecified atom stereocenters. The highest BCUT2D eigenvalue weighted by atomic mass is 28.4. The Morgan fingerprint density at radius 3 is 2.32 bits per heavy atom. The average Bonchev–Trinajstić information content (AvgIpc) is 2.67. The van der Waals surface area contributed by atoms with E-state index in [9.17, 15) is 4.79 Å². The van der Waals surface area contributed by atoms with Gasteiger partial charge >= 0.3 is 0 Å². The summed E-state index contributed by atoms with van der Waals surface area (Å²) in [6.07, 6.45) is 2.89. The minimum Gasteiger partial charge on any atom is -0.415 e. The monoisotopic (exact) mass is 444 g/mol. The van der Waals surface area contributed by atoms with Gasteiger partial charge in [-0.15, -0.1) is 0 Å². The van der Waals surface area contributed by atoms with Crippen LogP contribution in [0, 0.1) is 5.92 Å². The molecular formula is C26H44N2O2Si. The lowest BCUT2D eigenvalue weighted by atomic mass is 9.89. The second-order valence-corrected chi connectivity index (χ2v) is 15.9. The molecule has 0 radical (unpaired) electrons. The van der Waals surface area contributed by atoms with E-state index in [4.69, 9.17) is 4.43 Å². The van der Waals surface area contributed by atoms with E-state index in [1.165, 1.54) is 11.1 Å². The molecular weight excluding hydrogens is 400 g/mol. The first kappa shape index (κ1) is 25.8. The molecule has 31 heavy (non-hydrogen) atoms. The standard InChI is InChI=1S/C26H44N2O2Si/c1-19(2)15-16-22-25(29)28(17-21-13-11-10-12-14-21)23(24(27-22)20(3)4)18-30-31(8,9)26(5,6)7/h10-15,20,22-24,27H,16-18H2,1-9H3/t22-,23-,24-/m1/s1. The third kappa shape index (κ3) is 6.77. The van der Waals surface area contributed by atoms with Crippen LogP contribution in [0.5, 0.6) is 0 Å². The zero-order chi connectivity index (χ0) is 23.4. The number of nitrogens with zero attached hydrogens (tertiary/aromatic N) is 1. The van der Waals surface area contributed by atoms with Gasteiger partial charge in [0, 0.05) is 12.6 Å². The molecule has 4 nitrogen and oxygen atoms in total. The summed E-state index contributed by atoms with van der Waals surface area (Å²) < 4.78 is 6.66. The van der Waals surface area contributed by atoms with Crippen molar-refractivity contribution in [2.45, 2.75) is 97.7 Å². The van der Waals surface area contributed by atoms with Crippen molar-refractivity contribution in [3.63, 3.8) is 0 Å². The maximum absolute atomic E-state index is 13.6. The maximum Gasteiger partial charge on any atom is 0.240 e. The van der Waals surface area contributed by atoms with Crippen molar-refractivity contribution in [1.82, 2.24) is 10.2 Å². The minimum atomic E-state index is -1.92. The number of hydrogen-bond donors (Lipinski definition) is 1. The third-order valence-corrected chi connectivity index (χ3v) is 11.4. The number of nitrogens with one attached hydrogen (secondary N) is 1. The largest absolute Gasteiger partial charge is 0.415 e. The summed E-state index contributed by atoms with van der Waals surface area (Å²) in [5, 5.41) is 3.84. The van der Waals surface area contributed by atoms with Crippen LogP contribution in [0.3, 0.4) is 0 Å². The quantitative estimate of drug-likeness (QED) is 0.409. The Morgan fingerprint density at radius 2 is 1.81 bits per heavy atom. The Balaban J connectivity index is 2.36. The lowest BCUT2D eigenvalue weighted by Crippen LogP contribution is -2.68. The van der Waals surface area contributed by atoms with Crippen molar-refractivity contribution in [2.24, 2.45) is 5.92 Å². The number of carbonyl (C=O) groups excluding carboxylic acids is 1. The van der Waals surface area contributed by atoms with Gasteiger partial charge in [-0.25, -0.2) is 0 Å². The lowest BCUT2D eigenvalue weighted by Gasteiger charge is -2.48. The summed E-state index contributed by atoms with van der Waals surface area (Å²) in [6.45, 7) is 21.2. The first-order valence-corrected chi connectivity index (χ1v) is 14.6. The van der Waals surface area contributed by atoms with Crippen LogP contribution in [0.15, 0.2) is 42.0 Å². The van der Waals surface area contributed by atoms with Crippen molar-refractivity contribution in [3.05, 3.63) is 47.5 Å². The van der Waals surface area contributed by atoms with E-state index >= 15 is 0 Å². The van der Waals surface area contributed by atoms with E-state index in [2.05, 4.69) is 90.0 Å². The molecule has 1 heterocycles. The highest BCUT2D eigenvalue weighted by Crippen LogP contribution is 2.37. The zero-order valence-electron chi connectivity index (χ0n) is 21.2. The fraction of sp³-hybridized carbons (Fsp3) is 0.654. The molecule has 0 bridgehead atoms. The molecule has 1 fully saturated rings. The Kier molecular flexibility index (Phi) is 8.71. The van der Waals surface area contributed by atoms with Gasteiger partial charge in [0.2, 0.25) is 5.91 Å². The van der Waals surface area contributed by atoms with Crippen molar-refractivity contribution < 1.29 is 9.22 Å².